The second-order valence-electron chi connectivity index (χ2n) is 9.71. The SMILES string of the molecule is O=C(COC(=O)C1CCC(N2C(=O)[C@@H]3[C@@H]4C[C@H]([C@H](Br)[C@@H]4Br)[C@@H]3C2=O)CC1)c1ccc(Cl)cc1Cl. The Bertz CT molecular complexity index is 1030. The predicted molar refractivity (Wildman–Crippen MR) is 133 cm³/mol. The molecule has 3 saturated carbocycles. The molecule has 0 aromatic heterocycles. The number of ketones is 1. The highest BCUT2D eigenvalue weighted by Crippen LogP contribution is 2.60. The standard InChI is InChI=1S/C24H23Br2Cl2NO5/c25-20-14-8-15(21(20)26)19-18(14)22(31)29(23(19)32)12-4-1-10(2-5-12)24(33)34-9-17(30)13-6-3-11(27)7-16(13)28/h3,6-7,10,12,14-15,18-21H,1-2,4-5,8-9H2/t10?,12?,14-,15-,18-,19+,20-,21+/m0/s1. The first kappa shape index (κ1) is 24.7. The van der Waals surface area contributed by atoms with Crippen molar-refractivity contribution in [2.45, 2.75) is 47.8 Å². The van der Waals surface area contributed by atoms with Gasteiger partial charge in [0.15, 0.2) is 6.61 Å². The summed E-state index contributed by atoms with van der Waals surface area (Å²) in [5.74, 6) is -1.31. The van der Waals surface area contributed by atoms with Gasteiger partial charge in [-0.2, -0.15) is 0 Å². The van der Waals surface area contributed by atoms with Crippen LogP contribution in [0.4, 0.5) is 0 Å². The lowest BCUT2D eigenvalue weighted by atomic mass is 9.81. The molecule has 34 heavy (non-hydrogen) atoms. The number of hydrogen-bond acceptors (Lipinski definition) is 5. The number of rotatable bonds is 5. The number of amides is 2. The molecule has 2 amide bonds. The average Bonchev–Trinajstić information content (AvgIpc) is 3.42. The average molecular weight is 636 g/mol. The molecule has 0 spiro atoms. The van der Waals surface area contributed by atoms with Gasteiger partial charge in [0, 0.05) is 26.3 Å². The minimum atomic E-state index is -0.435. The van der Waals surface area contributed by atoms with Crippen LogP contribution in [0.5, 0.6) is 0 Å². The van der Waals surface area contributed by atoms with E-state index in [0.29, 0.717) is 30.7 Å². The monoisotopic (exact) mass is 633 g/mol. The molecule has 1 heterocycles. The molecule has 4 fully saturated rings. The van der Waals surface area contributed by atoms with Crippen molar-refractivity contribution >= 4 is 78.6 Å². The number of likely N-dealkylation sites (tertiary alicyclic amines) is 1. The highest BCUT2D eigenvalue weighted by atomic mass is 79.9. The van der Waals surface area contributed by atoms with E-state index in [2.05, 4.69) is 31.9 Å². The van der Waals surface area contributed by atoms with Gasteiger partial charge in [0.2, 0.25) is 17.6 Å². The third-order valence-corrected chi connectivity index (χ3v) is 11.7. The first-order chi connectivity index (χ1) is 16.2. The maximum absolute atomic E-state index is 13.2. The van der Waals surface area contributed by atoms with Crippen LogP contribution in [0.15, 0.2) is 18.2 Å². The molecule has 1 aromatic carbocycles. The van der Waals surface area contributed by atoms with Gasteiger partial charge in [-0.25, -0.2) is 0 Å². The summed E-state index contributed by atoms with van der Waals surface area (Å²) >= 11 is 19.3. The number of alkyl halides is 2. The number of fused-ring (bicyclic) bond motifs is 5. The Morgan fingerprint density at radius 2 is 1.56 bits per heavy atom. The Morgan fingerprint density at radius 1 is 0.971 bits per heavy atom. The van der Waals surface area contributed by atoms with Crippen molar-refractivity contribution in [2.24, 2.45) is 29.6 Å². The third kappa shape index (κ3) is 4.06. The molecule has 4 aliphatic rings. The lowest BCUT2D eigenvalue weighted by molar-refractivity contribution is -0.149. The molecular formula is C24H23Br2Cl2NO5. The first-order valence-electron chi connectivity index (χ1n) is 11.5. The van der Waals surface area contributed by atoms with Gasteiger partial charge in [-0.15, -0.1) is 0 Å². The van der Waals surface area contributed by atoms with Gasteiger partial charge in [-0.1, -0.05) is 55.1 Å². The van der Waals surface area contributed by atoms with Crippen molar-refractivity contribution in [1.29, 1.82) is 0 Å². The van der Waals surface area contributed by atoms with Crippen LogP contribution in [0.1, 0.15) is 42.5 Å². The molecule has 6 nitrogen and oxygen atoms in total. The largest absolute Gasteiger partial charge is 0.457 e. The molecule has 1 aliphatic heterocycles. The van der Waals surface area contributed by atoms with E-state index in [4.69, 9.17) is 27.9 Å². The maximum atomic E-state index is 13.2. The highest BCUT2D eigenvalue weighted by molar-refractivity contribution is 9.12. The van der Waals surface area contributed by atoms with E-state index in [-0.39, 0.29) is 67.7 Å². The van der Waals surface area contributed by atoms with Crippen molar-refractivity contribution in [3.8, 4) is 0 Å². The van der Waals surface area contributed by atoms with Gasteiger partial charge in [0.25, 0.3) is 0 Å². The molecule has 0 N–H and O–H groups in total. The van der Waals surface area contributed by atoms with Gasteiger partial charge in [-0.05, 0) is 62.1 Å². The number of carbonyl (C=O) groups is 4. The van der Waals surface area contributed by atoms with Crippen LogP contribution in [0, 0.1) is 29.6 Å². The van der Waals surface area contributed by atoms with Crippen LogP contribution >= 0.6 is 55.1 Å². The van der Waals surface area contributed by atoms with Gasteiger partial charge in [0.05, 0.1) is 22.8 Å². The molecule has 1 saturated heterocycles. The van der Waals surface area contributed by atoms with Crippen LogP contribution in [0.25, 0.3) is 0 Å². The zero-order valence-electron chi connectivity index (χ0n) is 18.1. The lowest BCUT2D eigenvalue weighted by Crippen LogP contribution is -2.44. The van der Waals surface area contributed by atoms with E-state index in [1.807, 2.05) is 0 Å². The molecule has 6 atom stereocenters. The van der Waals surface area contributed by atoms with Crippen LogP contribution in [0.2, 0.25) is 10.0 Å². The van der Waals surface area contributed by atoms with Crippen molar-refractivity contribution in [3.05, 3.63) is 33.8 Å². The molecule has 0 unspecified atom stereocenters. The minimum Gasteiger partial charge on any atom is -0.457 e. The molecule has 0 radical (unpaired) electrons. The summed E-state index contributed by atoms with van der Waals surface area (Å²) in [4.78, 5) is 53.3. The molecule has 3 aliphatic carbocycles. The molecule has 1 aromatic rings. The number of Topliss-reactive ketones (excluding diaryl/α,β-unsaturated/α-hetero) is 1. The smallest absolute Gasteiger partial charge is 0.309 e. The fraction of sp³-hybridized carbons (Fsp3) is 0.583. The van der Waals surface area contributed by atoms with Crippen molar-refractivity contribution in [3.63, 3.8) is 0 Å². The summed E-state index contributed by atoms with van der Waals surface area (Å²) in [6.07, 6.45) is 3.07. The van der Waals surface area contributed by atoms with E-state index in [0.717, 1.165) is 6.42 Å². The number of hydrogen-bond donors (Lipinski definition) is 0. The molecule has 5 rings (SSSR count). The first-order valence-corrected chi connectivity index (χ1v) is 14.1. The van der Waals surface area contributed by atoms with Crippen LogP contribution < -0.4 is 0 Å². The number of nitrogens with zero attached hydrogens (tertiary/aromatic N) is 1. The van der Waals surface area contributed by atoms with E-state index in [1.165, 1.54) is 17.0 Å². The fourth-order valence-corrected chi connectivity index (χ4v) is 8.74. The molecule has 182 valence electrons. The Hall–Kier alpha value is -0.960. The van der Waals surface area contributed by atoms with Gasteiger partial charge >= 0.3 is 5.97 Å². The lowest BCUT2D eigenvalue weighted by Gasteiger charge is -2.33. The number of halogens is 4. The Morgan fingerprint density at radius 3 is 2.12 bits per heavy atom. The van der Waals surface area contributed by atoms with Gasteiger partial charge in [-0.3, -0.25) is 24.1 Å². The Kier molecular flexibility index (Phi) is 6.90. The summed E-state index contributed by atoms with van der Waals surface area (Å²) in [5.41, 5.74) is 0.254. The summed E-state index contributed by atoms with van der Waals surface area (Å²) in [5, 5.41) is 0.630. The number of benzene rings is 1. The van der Waals surface area contributed by atoms with Gasteiger partial charge < -0.3 is 4.74 Å². The quantitative estimate of drug-likeness (QED) is 0.196. The normalized spacial score (nSPS) is 36.6. The van der Waals surface area contributed by atoms with Crippen molar-refractivity contribution in [1.82, 2.24) is 4.90 Å². The van der Waals surface area contributed by atoms with Crippen molar-refractivity contribution < 1.29 is 23.9 Å². The van der Waals surface area contributed by atoms with E-state index in [9.17, 15) is 19.2 Å². The molecule has 2 bridgehead atoms. The zero-order chi connectivity index (χ0) is 24.3. The number of carbonyl (C=O) groups excluding carboxylic acids is 4. The summed E-state index contributed by atoms with van der Waals surface area (Å²) in [7, 11) is 0. The summed E-state index contributed by atoms with van der Waals surface area (Å²) < 4.78 is 5.27. The van der Waals surface area contributed by atoms with E-state index >= 15 is 0 Å². The third-order valence-electron chi connectivity index (χ3n) is 7.99. The predicted octanol–water partition coefficient (Wildman–Crippen LogP) is 5.06. The fourth-order valence-electron chi connectivity index (χ4n) is 6.35. The zero-order valence-corrected chi connectivity index (χ0v) is 22.8. The van der Waals surface area contributed by atoms with E-state index in [1.54, 1.807) is 6.07 Å². The van der Waals surface area contributed by atoms with Crippen molar-refractivity contribution in [2.75, 3.05) is 6.61 Å². The van der Waals surface area contributed by atoms with Crippen LogP contribution in [0.3, 0.4) is 0 Å². The number of esters is 1. The van der Waals surface area contributed by atoms with Gasteiger partial charge in [0.1, 0.15) is 0 Å². The minimum absolute atomic E-state index is 0.0391. The number of imide groups is 1. The number of ether oxygens (including phenoxy) is 1. The summed E-state index contributed by atoms with van der Waals surface area (Å²) in [6.45, 7) is -0.392. The summed E-state index contributed by atoms with van der Waals surface area (Å²) in [6, 6.07) is 4.36. The topological polar surface area (TPSA) is 80.8 Å². The maximum Gasteiger partial charge on any atom is 0.309 e. The second-order valence-corrected chi connectivity index (χ2v) is 12.7. The highest BCUT2D eigenvalue weighted by Gasteiger charge is 2.67. The van der Waals surface area contributed by atoms with Crippen LogP contribution in [-0.2, 0) is 19.1 Å². The van der Waals surface area contributed by atoms with Crippen LogP contribution in [-0.4, -0.2) is 50.8 Å². The Labute approximate surface area is 224 Å². The molecular weight excluding hydrogens is 613 g/mol. The Balaban J connectivity index is 1.15. The molecule has 10 heteroatoms. The van der Waals surface area contributed by atoms with E-state index < -0.39 is 18.4 Å². The second kappa shape index (κ2) is 9.49.